The van der Waals surface area contributed by atoms with Crippen LogP contribution in [0, 0.1) is 17.7 Å². The Bertz CT molecular complexity index is 376. The van der Waals surface area contributed by atoms with E-state index in [0.717, 1.165) is 5.82 Å². The lowest BCUT2D eigenvalue weighted by Gasteiger charge is -2.02. The van der Waals surface area contributed by atoms with Crippen molar-refractivity contribution in [1.82, 2.24) is 20.1 Å². The van der Waals surface area contributed by atoms with Crippen LogP contribution in [-0.4, -0.2) is 27.2 Å². The van der Waals surface area contributed by atoms with Crippen molar-refractivity contribution >= 4 is 21.8 Å². The second-order valence-electron chi connectivity index (χ2n) is 2.55. The largest absolute Gasteiger partial charge is 0.343 e. The monoisotopic (exact) mass is 256 g/mol. The van der Waals surface area contributed by atoms with Gasteiger partial charge in [0.25, 0.3) is 5.91 Å². The number of hydrogen-bond acceptors (Lipinski definition) is 3. The van der Waals surface area contributed by atoms with E-state index in [1.54, 1.807) is 6.33 Å². The molecule has 6 heteroatoms. The molecule has 0 aliphatic carbocycles. The zero-order valence-corrected chi connectivity index (χ0v) is 9.21. The molecular weight excluding hydrogens is 248 g/mol. The first kappa shape index (κ1) is 10.7. The van der Waals surface area contributed by atoms with Gasteiger partial charge in [-0.25, -0.2) is 0 Å². The average Bonchev–Trinajstić information content (AvgIpc) is 2.52. The molecule has 1 rings (SSSR count). The van der Waals surface area contributed by atoms with E-state index in [1.165, 1.54) is 0 Å². The maximum Gasteiger partial charge on any atom is 0.296 e. The van der Waals surface area contributed by atoms with Crippen LogP contribution in [0.25, 0.3) is 0 Å². The van der Waals surface area contributed by atoms with E-state index < -0.39 is 0 Å². The predicted molar refractivity (Wildman–Crippen MR) is 54.5 cm³/mol. The van der Waals surface area contributed by atoms with Gasteiger partial charge in [0.15, 0.2) is 0 Å². The van der Waals surface area contributed by atoms with Crippen molar-refractivity contribution in [2.75, 3.05) is 6.54 Å². The normalized spacial score (nSPS) is 9.00. The third-order valence-corrected chi connectivity index (χ3v) is 1.81. The van der Waals surface area contributed by atoms with Crippen LogP contribution in [0.5, 0.6) is 0 Å². The van der Waals surface area contributed by atoms with E-state index in [-0.39, 0.29) is 5.91 Å². The minimum atomic E-state index is -0.299. The van der Waals surface area contributed by atoms with Crippen LogP contribution >= 0.6 is 15.9 Å². The van der Waals surface area contributed by atoms with Crippen molar-refractivity contribution < 1.29 is 4.79 Å². The van der Waals surface area contributed by atoms with Gasteiger partial charge in [0.05, 0.1) is 0 Å². The Hall–Kier alpha value is -1.35. The fourth-order valence-corrected chi connectivity index (χ4v) is 1.09. The Kier molecular flexibility index (Phi) is 4.13. The summed E-state index contributed by atoms with van der Waals surface area (Å²) in [6, 6.07) is 0. The Balaban J connectivity index is 2.31. The van der Waals surface area contributed by atoms with Crippen molar-refractivity contribution in [1.29, 1.82) is 0 Å². The van der Waals surface area contributed by atoms with Gasteiger partial charge in [-0.05, 0) is 11.8 Å². The van der Waals surface area contributed by atoms with Crippen LogP contribution in [0.4, 0.5) is 0 Å². The summed E-state index contributed by atoms with van der Waals surface area (Å²) in [5.41, 5.74) is 0. The van der Waals surface area contributed by atoms with E-state index in [2.05, 4.69) is 42.2 Å². The SMILES string of the molecule is Cc1nncn1CCNC(=O)C#CBr. The topological polar surface area (TPSA) is 59.8 Å². The molecule has 0 bridgehead atoms. The molecule has 0 saturated heterocycles. The van der Waals surface area contributed by atoms with Gasteiger partial charge in [-0.3, -0.25) is 4.79 Å². The first-order chi connectivity index (χ1) is 6.74. The number of aryl methyl sites for hydroxylation is 1. The predicted octanol–water partition coefficient (Wildman–Crippen LogP) is 0.0585. The Morgan fingerprint density at radius 1 is 1.79 bits per heavy atom. The van der Waals surface area contributed by atoms with Crippen molar-refractivity contribution in [2.45, 2.75) is 13.5 Å². The van der Waals surface area contributed by atoms with Gasteiger partial charge in [0.1, 0.15) is 12.2 Å². The molecule has 0 aliphatic rings. The number of aromatic nitrogens is 3. The van der Waals surface area contributed by atoms with Crippen LogP contribution in [0.1, 0.15) is 5.82 Å². The van der Waals surface area contributed by atoms with Crippen LogP contribution in [0.2, 0.25) is 0 Å². The number of rotatable bonds is 3. The first-order valence-electron chi connectivity index (χ1n) is 3.98. The second-order valence-corrected chi connectivity index (χ2v) is 2.94. The molecule has 0 spiro atoms. The molecule has 74 valence electrons. The molecule has 0 unspecified atom stereocenters. The smallest absolute Gasteiger partial charge is 0.296 e. The number of nitrogens with one attached hydrogen (secondary N) is 1. The minimum absolute atomic E-state index is 0.299. The summed E-state index contributed by atoms with van der Waals surface area (Å²) >= 11 is 2.85. The maximum absolute atomic E-state index is 10.9. The molecule has 0 aliphatic heterocycles. The molecule has 0 atom stereocenters. The van der Waals surface area contributed by atoms with E-state index >= 15 is 0 Å². The summed E-state index contributed by atoms with van der Waals surface area (Å²) in [6.45, 7) is 3.01. The highest BCUT2D eigenvalue weighted by Crippen LogP contribution is 1.89. The summed E-state index contributed by atoms with van der Waals surface area (Å²) in [5.74, 6) is 2.84. The highest BCUT2D eigenvalue weighted by Gasteiger charge is 1.98. The molecule has 1 heterocycles. The summed E-state index contributed by atoms with van der Waals surface area (Å²) in [4.78, 5) is 13.2. The number of carbonyl (C=O) groups excluding carboxylic acids is 1. The summed E-state index contributed by atoms with van der Waals surface area (Å²) in [6.07, 6.45) is 1.62. The Morgan fingerprint density at radius 2 is 2.57 bits per heavy atom. The van der Waals surface area contributed by atoms with Gasteiger partial charge in [0.2, 0.25) is 0 Å². The highest BCUT2D eigenvalue weighted by atomic mass is 79.9. The van der Waals surface area contributed by atoms with Gasteiger partial charge in [-0.15, -0.1) is 10.2 Å². The molecule has 0 aromatic carbocycles. The van der Waals surface area contributed by atoms with E-state index in [0.29, 0.717) is 13.1 Å². The molecule has 1 aromatic heterocycles. The lowest BCUT2D eigenvalue weighted by Crippen LogP contribution is -2.25. The van der Waals surface area contributed by atoms with Gasteiger partial charge in [-0.1, -0.05) is 0 Å². The quantitative estimate of drug-likeness (QED) is 0.779. The molecule has 0 radical (unpaired) electrons. The molecule has 1 aromatic rings. The molecule has 1 amide bonds. The van der Waals surface area contributed by atoms with Gasteiger partial charge in [0, 0.05) is 34.9 Å². The first-order valence-corrected chi connectivity index (χ1v) is 4.77. The molecule has 1 N–H and O–H groups in total. The van der Waals surface area contributed by atoms with Gasteiger partial charge in [-0.2, -0.15) is 0 Å². The van der Waals surface area contributed by atoms with Crippen LogP contribution < -0.4 is 5.32 Å². The minimum Gasteiger partial charge on any atom is -0.343 e. The standard InChI is InChI=1S/C8H9BrN4O/c1-7-12-11-6-13(7)5-4-10-8(14)2-3-9/h6H,4-5H2,1H3,(H,10,14). The fourth-order valence-electron chi connectivity index (χ4n) is 0.909. The summed E-state index contributed by atoms with van der Waals surface area (Å²) in [7, 11) is 0. The third-order valence-electron chi connectivity index (χ3n) is 1.61. The fraction of sp³-hybridized carbons (Fsp3) is 0.375. The molecule has 14 heavy (non-hydrogen) atoms. The molecule has 0 fully saturated rings. The number of amides is 1. The number of halogens is 1. The zero-order valence-electron chi connectivity index (χ0n) is 7.62. The summed E-state index contributed by atoms with van der Waals surface area (Å²) in [5, 5.41) is 10.2. The van der Waals surface area contributed by atoms with Crippen LogP contribution in [0.15, 0.2) is 6.33 Å². The van der Waals surface area contributed by atoms with E-state index in [9.17, 15) is 4.79 Å². The van der Waals surface area contributed by atoms with Crippen molar-refractivity contribution in [2.24, 2.45) is 0 Å². The molecular formula is C8H9BrN4O. The van der Waals surface area contributed by atoms with Crippen LogP contribution in [-0.2, 0) is 11.3 Å². The average molecular weight is 257 g/mol. The maximum atomic E-state index is 10.9. The number of carbonyl (C=O) groups is 1. The zero-order chi connectivity index (χ0) is 10.4. The third kappa shape index (κ3) is 3.18. The second kappa shape index (κ2) is 5.40. The van der Waals surface area contributed by atoms with Gasteiger partial charge >= 0.3 is 0 Å². The van der Waals surface area contributed by atoms with E-state index in [4.69, 9.17) is 0 Å². The highest BCUT2D eigenvalue weighted by molar-refractivity contribution is 9.12. The molecule has 5 nitrogen and oxygen atoms in total. The van der Waals surface area contributed by atoms with Crippen molar-refractivity contribution in [3.05, 3.63) is 12.2 Å². The number of hydrogen-bond donors (Lipinski definition) is 1. The lowest BCUT2D eigenvalue weighted by molar-refractivity contribution is -0.115. The molecule has 0 saturated carbocycles. The van der Waals surface area contributed by atoms with Crippen molar-refractivity contribution in [3.8, 4) is 10.8 Å². The van der Waals surface area contributed by atoms with Gasteiger partial charge < -0.3 is 9.88 Å². The Morgan fingerprint density at radius 3 is 3.14 bits per heavy atom. The van der Waals surface area contributed by atoms with Crippen LogP contribution in [0.3, 0.4) is 0 Å². The Labute approximate surface area is 90.0 Å². The van der Waals surface area contributed by atoms with Crippen molar-refractivity contribution in [3.63, 3.8) is 0 Å². The lowest BCUT2D eigenvalue weighted by atomic mass is 10.5. The summed E-state index contributed by atoms with van der Waals surface area (Å²) < 4.78 is 1.85. The van der Waals surface area contributed by atoms with E-state index in [1.807, 2.05) is 11.5 Å². The number of nitrogens with zero attached hydrogens (tertiary/aromatic N) is 3.